The summed E-state index contributed by atoms with van der Waals surface area (Å²) in [7, 11) is 2.85. The predicted molar refractivity (Wildman–Crippen MR) is 68.3 cm³/mol. The van der Waals surface area contributed by atoms with Crippen molar-refractivity contribution >= 4 is 17.7 Å². The van der Waals surface area contributed by atoms with Gasteiger partial charge in [0.1, 0.15) is 5.75 Å². The molecule has 0 saturated carbocycles. The predicted octanol–water partition coefficient (Wildman–Crippen LogP) is 2.63. The van der Waals surface area contributed by atoms with Crippen molar-refractivity contribution in [3.05, 3.63) is 23.8 Å². The van der Waals surface area contributed by atoms with Gasteiger partial charge in [-0.15, -0.1) is 0 Å². The number of thioether (sulfide) groups is 1. The summed E-state index contributed by atoms with van der Waals surface area (Å²) < 4.78 is 42.6. The van der Waals surface area contributed by atoms with E-state index in [1.807, 2.05) is 0 Å². The molecule has 0 aromatic heterocycles. The third kappa shape index (κ3) is 4.55. The zero-order valence-corrected chi connectivity index (χ0v) is 11.2. The van der Waals surface area contributed by atoms with Gasteiger partial charge in [-0.3, -0.25) is 5.41 Å². The van der Waals surface area contributed by atoms with Crippen molar-refractivity contribution in [2.45, 2.75) is 16.9 Å². The quantitative estimate of drug-likeness (QED) is 0.509. The maximum atomic E-state index is 12.6. The second kappa shape index (κ2) is 6.05. The Bertz CT molecular complexity index is 465. The van der Waals surface area contributed by atoms with Crippen LogP contribution in [0, 0.1) is 5.41 Å². The van der Waals surface area contributed by atoms with Crippen molar-refractivity contribution in [2.75, 3.05) is 14.2 Å². The molecule has 0 heterocycles. The summed E-state index contributed by atoms with van der Waals surface area (Å²) >= 11 is -0.231. The number of alkyl halides is 3. The molecule has 0 unspecified atom stereocenters. The fourth-order valence-corrected chi connectivity index (χ4v) is 2.17. The van der Waals surface area contributed by atoms with Crippen LogP contribution in [0.4, 0.5) is 13.2 Å². The van der Waals surface area contributed by atoms with Gasteiger partial charge in [0.2, 0.25) is 0 Å². The van der Waals surface area contributed by atoms with E-state index in [0.717, 1.165) is 0 Å². The highest BCUT2D eigenvalue weighted by molar-refractivity contribution is 8.00. The molecule has 0 radical (unpaired) electrons. The zero-order valence-electron chi connectivity index (χ0n) is 10.4. The van der Waals surface area contributed by atoms with E-state index in [2.05, 4.69) is 0 Å². The number of rotatable bonds is 4. The maximum Gasteiger partial charge on any atom is 0.446 e. The van der Waals surface area contributed by atoms with Crippen LogP contribution in [0.15, 0.2) is 23.1 Å². The van der Waals surface area contributed by atoms with Crippen molar-refractivity contribution in [1.82, 2.24) is 4.90 Å². The van der Waals surface area contributed by atoms with E-state index in [0.29, 0.717) is 5.56 Å². The second-order valence-corrected chi connectivity index (χ2v) is 4.81. The molecular formula is C11H14F3N3OS. The molecule has 0 aliphatic carbocycles. The van der Waals surface area contributed by atoms with Gasteiger partial charge in [0, 0.05) is 13.6 Å². The van der Waals surface area contributed by atoms with Crippen LogP contribution in [0.25, 0.3) is 0 Å². The standard InChI is InChI=1S/C11H14F3N3OS/c1-17(10(15)16)6-7-4-3-5-8(18-2)9(7)19-11(12,13)14/h3-5H,6H2,1-2H3,(H3,15,16). The molecule has 0 atom stereocenters. The summed E-state index contributed by atoms with van der Waals surface area (Å²) in [5.74, 6) is -0.0671. The maximum absolute atomic E-state index is 12.6. The Morgan fingerprint density at radius 3 is 2.58 bits per heavy atom. The molecule has 19 heavy (non-hydrogen) atoms. The van der Waals surface area contributed by atoms with Gasteiger partial charge < -0.3 is 15.4 Å². The van der Waals surface area contributed by atoms with Crippen LogP contribution in [0.1, 0.15) is 5.56 Å². The monoisotopic (exact) mass is 293 g/mol. The second-order valence-electron chi connectivity index (χ2n) is 3.74. The van der Waals surface area contributed by atoms with Crippen LogP contribution in [-0.2, 0) is 6.54 Å². The molecule has 0 aliphatic heterocycles. The van der Waals surface area contributed by atoms with Crippen LogP contribution < -0.4 is 10.5 Å². The Balaban J connectivity index is 3.12. The molecular weight excluding hydrogens is 279 g/mol. The van der Waals surface area contributed by atoms with Gasteiger partial charge in [0.15, 0.2) is 5.96 Å². The third-order valence-corrected chi connectivity index (χ3v) is 3.22. The van der Waals surface area contributed by atoms with Gasteiger partial charge in [-0.05, 0) is 23.4 Å². The molecule has 0 amide bonds. The lowest BCUT2D eigenvalue weighted by atomic mass is 10.2. The molecule has 4 nitrogen and oxygen atoms in total. The van der Waals surface area contributed by atoms with Gasteiger partial charge in [-0.1, -0.05) is 12.1 Å². The topological polar surface area (TPSA) is 62.3 Å². The molecule has 8 heteroatoms. The third-order valence-electron chi connectivity index (χ3n) is 2.32. The number of halogens is 3. The highest BCUT2D eigenvalue weighted by Crippen LogP contribution is 2.43. The number of methoxy groups -OCH3 is 1. The average Bonchev–Trinajstić information content (AvgIpc) is 2.29. The number of nitrogens with zero attached hydrogens (tertiary/aromatic N) is 1. The Hall–Kier alpha value is -1.57. The first-order valence-electron chi connectivity index (χ1n) is 5.21. The summed E-state index contributed by atoms with van der Waals surface area (Å²) in [6.45, 7) is 0.102. The van der Waals surface area contributed by atoms with Crippen LogP contribution >= 0.6 is 11.8 Å². The van der Waals surface area contributed by atoms with Gasteiger partial charge in [-0.2, -0.15) is 13.2 Å². The van der Waals surface area contributed by atoms with Crippen LogP contribution in [0.3, 0.4) is 0 Å². The number of benzene rings is 1. The van der Waals surface area contributed by atoms with Gasteiger partial charge in [0.25, 0.3) is 0 Å². The van der Waals surface area contributed by atoms with E-state index in [4.69, 9.17) is 15.9 Å². The van der Waals surface area contributed by atoms with E-state index in [-0.39, 0.29) is 34.9 Å². The summed E-state index contributed by atoms with van der Waals surface area (Å²) in [5, 5.41) is 7.24. The number of ether oxygens (including phenoxy) is 1. The van der Waals surface area contributed by atoms with Crippen LogP contribution in [0.5, 0.6) is 5.75 Å². The van der Waals surface area contributed by atoms with Crippen molar-refractivity contribution in [1.29, 1.82) is 5.41 Å². The Morgan fingerprint density at radius 1 is 1.47 bits per heavy atom. The van der Waals surface area contributed by atoms with Gasteiger partial charge in [-0.25, -0.2) is 0 Å². The highest BCUT2D eigenvalue weighted by atomic mass is 32.2. The average molecular weight is 293 g/mol. The van der Waals surface area contributed by atoms with Crippen molar-refractivity contribution in [2.24, 2.45) is 5.73 Å². The fraction of sp³-hybridized carbons (Fsp3) is 0.364. The number of hydrogen-bond donors (Lipinski definition) is 2. The first-order chi connectivity index (χ1) is 8.74. The minimum absolute atomic E-state index is 0.00870. The Kier molecular flexibility index (Phi) is 4.93. The van der Waals surface area contributed by atoms with Crippen molar-refractivity contribution < 1.29 is 17.9 Å². The molecule has 0 spiro atoms. The number of guanidine groups is 1. The van der Waals surface area contributed by atoms with Gasteiger partial charge in [0.05, 0.1) is 12.0 Å². The Morgan fingerprint density at radius 2 is 2.11 bits per heavy atom. The molecule has 0 aliphatic rings. The van der Waals surface area contributed by atoms with Crippen LogP contribution in [-0.4, -0.2) is 30.5 Å². The van der Waals surface area contributed by atoms with E-state index >= 15 is 0 Å². The van der Waals surface area contributed by atoms with E-state index in [1.165, 1.54) is 25.1 Å². The first-order valence-corrected chi connectivity index (χ1v) is 6.03. The van der Waals surface area contributed by atoms with E-state index < -0.39 is 5.51 Å². The number of nitrogens with two attached hydrogens (primary N) is 1. The smallest absolute Gasteiger partial charge is 0.446 e. The summed E-state index contributed by atoms with van der Waals surface area (Å²) in [4.78, 5) is 1.33. The van der Waals surface area contributed by atoms with Crippen molar-refractivity contribution in [3.63, 3.8) is 0 Å². The van der Waals surface area contributed by atoms with E-state index in [1.54, 1.807) is 12.1 Å². The lowest BCUT2D eigenvalue weighted by Crippen LogP contribution is -2.32. The molecule has 1 aromatic carbocycles. The molecule has 106 valence electrons. The molecule has 0 saturated heterocycles. The number of hydrogen-bond acceptors (Lipinski definition) is 3. The molecule has 0 bridgehead atoms. The Labute approximate surface area is 113 Å². The lowest BCUT2D eigenvalue weighted by molar-refractivity contribution is -0.0329. The molecule has 1 rings (SSSR count). The molecule has 0 fully saturated rings. The van der Waals surface area contributed by atoms with Gasteiger partial charge >= 0.3 is 5.51 Å². The summed E-state index contributed by atoms with van der Waals surface area (Å²) in [6.07, 6.45) is 0. The molecule has 1 aromatic rings. The minimum Gasteiger partial charge on any atom is -0.496 e. The summed E-state index contributed by atoms with van der Waals surface area (Å²) in [5.41, 5.74) is 1.28. The largest absolute Gasteiger partial charge is 0.496 e. The van der Waals surface area contributed by atoms with Crippen LogP contribution in [0.2, 0.25) is 0 Å². The fourth-order valence-electron chi connectivity index (χ4n) is 1.42. The number of nitrogens with one attached hydrogen (secondary N) is 1. The lowest BCUT2D eigenvalue weighted by Gasteiger charge is -2.20. The normalized spacial score (nSPS) is 11.2. The first kappa shape index (κ1) is 15.5. The minimum atomic E-state index is -4.40. The zero-order chi connectivity index (χ0) is 14.6. The molecule has 3 N–H and O–H groups in total. The summed E-state index contributed by atoms with van der Waals surface area (Å²) in [6, 6.07) is 4.62. The highest BCUT2D eigenvalue weighted by Gasteiger charge is 2.32. The van der Waals surface area contributed by atoms with E-state index in [9.17, 15) is 13.2 Å². The SMILES string of the molecule is COc1cccc(CN(C)C(=N)N)c1SC(F)(F)F. The van der Waals surface area contributed by atoms with Crippen molar-refractivity contribution in [3.8, 4) is 5.75 Å².